The van der Waals surface area contributed by atoms with Gasteiger partial charge in [0.25, 0.3) is 5.91 Å². The zero-order valence-electron chi connectivity index (χ0n) is 16.2. The zero-order chi connectivity index (χ0) is 20.6. The van der Waals surface area contributed by atoms with Gasteiger partial charge in [0, 0.05) is 30.3 Å². The van der Waals surface area contributed by atoms with Gasteiger partial charge in [-0.1, -0.05) is 12.1 Å². The zero-order valence-corrected chi connectivity index (χ0v) is 16.2. The molecule has 4 N–H and O–H groups in total. The number of ether oxygens (including phenoxy) is 1. The van der Waals surface area contributed by atoms with Crippen LogP contribution < -0.4 is 26.0 Å². The molecular weight excluding hydrogens is 372 g/mol. The van der Waals surface area contributed by atoms with Crippen LogP contribution in [0.25, 0.3) is 0 Å². The highest BCUT2D eigenvalue weighted by Crippen LogP contribution is 2.28. The van der Waals surface area contributed by atoms with Crippen molar-refractivity contribution in [2.75, 3.05) is 30.8 Å². The maximum Gasteiger partial charge on any atom is 0.323 e. The first kappa shape index (κ1) is 20.2. The molecule has 2 aromatic rings. The Balaban J connectivity index is 1.44. The summed E-state index contributed by atoms with van der Waals surface area (Å²) in [5.41, 5.74) is 1.57. The fourth-order valence-corrected chi connectivity index (χ4v) is 2.69. The molecule has 4 amide bonds. The van der Waals surface area contributed by atoms with Gasteiger partial charge < -0.3 is 26.0 Å². The molecule has 0 aliphatic heterocycles. The number of methoxy groups -OCH3 is 1. The van der Waals surface area contributed by atoms with Crippen LogP contribution in [0.1, 0.15) is 23.2 Å². The largest absolute Gasteiger partial charge is 0.495 e. The predicted octanol–water partition coefficient (Wildman–Crippen LogP) is 2.60. The van der Waals surface area contributed by atoms with Crippen LogP contribution in [0.5, 0.6) is 5.75 Å². The van der Waals surface area contributed by atoms with Gasteiger partial charge in [-0.15, -0.1) is 0 Å². The van der Waals surface area contributed by atoms with Crippen LogP contribution in [0.3, 0.4) is 0 Å². The number of urea groups is 1. The lowest BCUT2D eigenvalue weighted by Gasteiger charge is -2.11. The molecule has 1 fully saturated rings. The van der Waals surface area contributed by atoms with Crippen LogP contribution in [0.15, 0.2) is 48.5 Å². The third kappa shape index (κ3) is 5.97. The summed E-state index contributed by atoms with van der Waals surface area (Å²) < 4.78 is 5.20. The third-order valence-electron chi connectivity index (χ3n) is 4.42. The molecular formula is C21H24N4O4. The summed E-state index contributed by atoms with van der Waals surface area (Å²) in [5, 5.41) is 11.0. The number of rotatable bonds is 8. The fourth-order valence-electron chi connectivity index (χ4n) is 2.69. The summed E-state index contributed by atoms with van der Waals surface area (Å²) in [6.45, 7) is 0.766. The first-order valence-corrected chi connectivity index (χ1v) is 9.44. The molecule has 1 saturated carbocycles. The summed E-state index contributed by atoms with van der Waals surface area (Å²) in [6, 6.07) is 13.2. The lowest BCUT2D eigenvalue weighted by molar-refractivity contribution is -0.122. The van der Waals surface area contributed by atoms with Crippen molar-refractivity contribution < 1.29 is 19.1 Å². The second-order valence-electron chi connectivity index (χ2n) is 6.68. The van der Waals surface area contributed by atoms with Crippen molar-refractivity contribution in [2.24, 2.45) is 5.92 Å². The number of hydrogen-bond acceptors (Lipinski definition) is 4. The molecule has 0 unspecified atom stereocenters. The first-order chi connectivity index (χ1) is 14.1. The lowest BCUT2D eigenvalue weighted by Crippen LogP contribution is -2.35. The number of amides is 4. The van der Waals surface area contributed by atoms with E-state index in [1.807, 2.05) is 6.07 Å². The summed E-state index contributed by atoms with van der Waals surface area (Å²) in [4.78, 5) is 35.8. The fraction of sp³-hybridized carbons (Fsp3) is 0.286. The van der Waals surface area contributed by atoms with Gasteiger partial charge in [0.15, 0.2) is 0 Å². The Hall–Kier alpha value is -3.55. The van der Waals surface area contributed by atoms with Crippen LogP contribution in [0.2, 0.25) is 0 Å². The monoisotopic (exact) mass is 396 g/mol. The highest BCUT2D eigenvalue weighted by molar-refractivity contribution is 6.01. The Labute approximate surface area is 169 Å². The molecule has 29 heavy (non-hydrogen) atoms. The first-order valence-electron chi connectivity index (χ1n) is 9.44. The molecule has 152 valence electrons. The van der Waals surface area contributed by atoms with E-state index in [0.717, 1.165) is 12.8 Å². The highest BCUT2D eigenvalue weighted by Gasteiger charge is 2.28. The van der Waals surface area contributed by atoms with Crippen molar-refractivity contribution in [3.8, 4) is 5.75 Å². The number of nitrogens with one attached hydrogen (secondary N) is 4. The molecule has 1 aliphatic rings. The minimum Gasteiger partial charge on any atom is -0.495 e. The van der Waals surface area contributed by atoms with E-state index in [-0.39, 0.29) is 17.7 Å². The van der Waals surface area contributed by atoms with Crippen LogP contribution >= 0.6 is 0 Å². The molecule has 0 heterocycles. The van der Waals surface area contributed by atoms with Crippen molar-refractivity contribution in [3.05, 3.63) is 54.1 Å². The van der Waals surface area contributed by atoms with E-state index in [4.69, 9.17) is 4.74 Å². The number of benzene rings is 2. The maximum atomic E-state index is 12.2. The molecule has 0 bridgehead atoms. The summed E-state index contributed by atoms with van der Waals surface area (Å²) in [6.07, 6.45) is 1.91. The van der Waals surface area contributed by atoms with E-state index in [2.05, 4.69) is 21.3 Å². The maximum absolute atomic E-state index is 12.2. The van der Waals surface area contributed by atoms with Gasteiger partial charge in [-0.3, -0.25) is 9.59 Å². The van der Waals surface area contributed by atoms with Gasteiger partial charge in [0.2, 0.25) is 5.91 Å². The molecule has 1 aliphatic carbocycles. The van der Waals surface area contributed by atoms with Gasteiger partial charge in [-0.25, -0.2) is 4.79 Å². The number of para-hydroxylation sites is 2. The molecule has 0 aromatic heterocycles. The molecule has 0 atom stereocenters. The average molecular weight is 396 g/mol. The number of anilines is 2. The van der Waals surface area contributed by atoms with Crippen LogP contribution in [0.4, 0.5) is 16.2 Å². The van der Waals surface area contributed by atoms with Gasteiger partial charge in [-0.2, -0.15) is 0 Å². The number of hydrogen-bond donors (Lipinski definition) is 4. The molecule has 0 radical (unpaired) electrons. The molecule has 2 aromatic carbocycles. The minimum atomic E-state index is -0.418. The van der Waals surface area contributed by atoms with Crippen LogP contribution in [-0.4, -0.2) is 38.0 Å². The normalized spacial score (nSPS) is 12.6. The summed E-state index contributed by atoms with van der Waals surface area (Å²) in [5.74, 6) is 0.533. The Morgan fingerprint density at radius 2 is 1.62 bits per heavy atom. The molecule has 8 heteroatoms. The average Bonchev–Trinajstić information content (AvgIpc) is 3.57. The second kappa shape index (κ2) is 9.59. The topological polar surface area (TPSA) is 109 Å². The summed E-state index contributed by atoms with van der Waals surface area (Å²) in [7, 11) is 1.53. The smallest absolute Gasteiger partial charge is 0.323 e. The number of carbonyl (C=O) groups excluding carboxylic acids is 3. The van der Waals surface area contributed by atoms with E-state index in [0.29, 0.717) is 35.8 Å². The van der Waals surface area contributed by atoms with E-state index < -0.39 is 6.03 Å². The van der Waals surface area contributed by atoms with Crippen molar-refractivity contribution in [3.63, 3.8) is 0 Å². The van der Waals surface area contributed by atoms with E-state index in [9.17, 15) is 14.4 Å². The van der Waals surface area contributed by atoms with Crippen molar-refractivity contribution in [1.82, 2.24) is 10.6 Å². The van der Waals surface area contributed by atoms with E-state index >= 15 is 0 Å². The van der Waals surface area contributed by atoms with E-state index in [1.165, 1.54) is 7.11 Å². The van der Waals surface area contributed by atoms with Crippen molar-refractivity contribution in [2.45, 2.75) is 12.8 Å². The molecule has 0 saturated heterocycles. The third-order valence-corrected chi connectivity index (χ3v) is 4.42. The van der Waals surface area contributed by atoms with E-state index in [1.54, 1.807) is 42.5 Å². The Kier molecular flexibility index (Phi) is 6.67. The molecule has 3 rings (SSSR count). The van der Waals surface area contributed by atoms with Crippen LogP contribution in [-0.2, 0) is 4.79 Å². The Morgan fingerprint density at radius 1 is 0.931 bits per heavy atom. The van der Waals surface area contributed by atoms with Crippen LogP contribution in [0, 0.1) is 5.92 Å². The summed E-state index contributed by atoms with van der Waals surface area (Å²) >= 11 is 0. The van der Waals surface area contributed by atoms with Gasteiger partial charge >= 0.3 is 6.03 Å². The quantitative estimate of drug-likeness (QED) is 0.514. The predicted molar refractivity (Wildman–Crippen MR) is 110 cm³/mol. The molecule has 0 spiro atoms. The van der Waals surface area contributed by atoms with Crippen molar-refractivity contribution >= 4 is 29.2 Å². The van der Waals surface area contributed by atoms with Gasteiger partial charge in [0.1, 0.15) is 5.75 Å². The van der Waals surface area contributed by atoms with Crippen molar-refractivity contribution in [1.29, 1.82) is 0 Å². The van der Waals surface area contributed by atoms with Gasteiger partial charge in [-0.05, 0) is 49.2 Å². The standard InChI is InChI=1S/C21H24N4O4/c1-29-18-5-3-2-4-17(18)25-21(28)24-16-10-8-15(9-11-16)20(27)23-13-12-22-19(26)14-6-7-14/h2-5,8-11,14H,6-7,12-13H2,1H3,(H,22,26)(H,23,27)(H2,24,25,28). The Morgan fingerprint density at radius 3 is 2.31 bits per heavy atom. The number of carbonyl (C=O) groups is 3. The SMILES string of the molecule is COc1ccccc1NC(=O)Nc1ccc(C(=O)NCCNC(=O)C2CC2)cc1. The molecule has 8 nitrogen and oxygen atoms in total. The minimum absolute atomic E-state index is 0.0566. The lowest BCUT2D eigenvalue weighted by atomic mass is 10.2. The highest BCUT2D eigenvalue weighted by atomic mass is 16.5. The van der Waals surface area contributed by atoms with Gasteiger partial charge in [0.05, 0.1) is 12.8 Å². The second-order valence-corrected chi connectivity index (χ2v) is 6.68. The Bertz CT molecular complexity index is 879.